The average Bonchev–Trinajstić information content (AvgIpc) is 2.16. The fourth-order valence-corrected chi connectivity index (χ4v) is 1.44. The van der Waals surface area contributed by atoms with Gasteiger partial charge < -0.3 is 14.5 Å². The van der Waals surface area contributed by atoms with Gasteiger partial charge in [0.1, 0.15) is 5.75 Å². The average molecular weight is 232 g/mol. The van der Waals surface area contributed by atoms with Gasteiger partial charge >= 0.3 is 7.82 Å². The molecule has 0 saturated carbocycles. The van der Waals surface area contributed by atoms with E-state index in [1.165, 1.54) is 0 Å². The molecule has 5 nitrogen and oxygen atoms in total. The van der Waals surface area contributed by atoms with Crippen LogP contribution in [0.25, 0.3) is 0 Å². The molecule has 0 amide bonds. The van der Waals surface area contributed by atoms with E-state index in [1.807, 2.05) is 12.1 Å². The van der Waals surface area contributed by atoms with E-state index < -0.39 is 7.82 Å². The van der Waals surface area contributed by atoms with Crippen molar-refractivity contribution in [3.05, 3.63) is 29.8 Å². The van der Waals surface area contributed by atoms with Gasteiger partial charge in [0, 0.05) is 0 Å². The summed E-state index contributed by atoms with van der Waals surface area (Å²) in [6, 6.07) is 7.24. The highest BCUT2D eigenvalue weighted by Gasteiger charge is 2.12. The normalized spacial score (nSPS) is 11.4. The first-order valence-electron chi connectivity index (χ1n) is 4.34. The van der Waals surface area contributed by atoms with Crippen molar-refractivity contribution >= 4 is 7.82 Å². The van der Waals surface area contributed by atoms with Crippen molar-refractivity contribution in [3.8, 4) is 5.75 Å². The molecule has 15 heavy (non-hydrogen) atoms. The van der Waals surface area contributed by atoms with Crippen LogP contribution in [0.4, 0.5) is 0 Å². The zero-order valence-corrected chi connectivity index (χ0v) is 9.18. The third-order valence-electron chi connectivity index (χ3n) is 1.78. The fourth-order valence-electron chi connectivity index (χ4n) is 1.11. The summed E-state index contributed by atoms with van der Waals surface area (Å²) >= 11 is 0. The maximum absolute atomic E-state index is 10.4. The predicted octanol–water partition coefficient (Wildman–Crippen LogP) is 1.35. The Bertz CT molecular complexity index is 359. The van der Waals surface area contributed by atoms with Gasteiger partial charge in [0.05, 0.1) is 13.7 Å². The highest BCUT2D eigenvalue weighted by Crippen LogP contribution is 2.35. The molecule has 1 rings (SSSR count). The lowest BCUT2D eigenvalue weighted by Crippen LogP contribution is -1.97. The van der Waals surface area contributed by atoms with E-state index in [1.54, 1.807) is 19.2 Å². The number of hydrogen-bond donors (Lipinski definition) is 2. The third-order valence-corrected chi connectivity index (χ3v) is 2.30. The summed E-state index contributed by atoms with van der Waals surface area (Å²) in [6.07, 6.45) is 0.433. The van der Waals surface area contributed by atoms with E-state index in [0.717, 1.165) is 5.56 Å². The molecule has 2 N–H and O–H groups in total. The molecule has 1 aromatic carbocycles. The SMILES string of the molecule is COc1cccc(CCOP(=O)(O)O)c1. The van der Waals surface area contributed by atoms with Crippen LogP contribution in [0.1, 0.15) is 5.56 Å². The lowest BCUT2D eigenvalue weighted by Gasteiger charge is -2.06. The molecule has 0 aliphatic carbocycles. The summed E-state index contributed by atoms with van der Waals surface area (Å²) in [4.78, 5) is 16.9. The molecule has 0 bridgehead atoms. The van der Waals surface area contributed by atoms with Crippen LogP contribution in [0, 0.1) is 0 Å². The summed E-state index contributed by atoms with van der Waals surface area (Å²) in [7, 11) is -2.79. The summed E-state index contributed by atoms with van der Waals surface area (Å²) in [5.74, 6) is 0.712. The van der Waals surface area contributed by atoms with Crippen molar-refractivity contribution in [3.63, 3.8) is 0 Å². The van der Waals surface area contributed by atoms with E-state index in [9.17, 15) is 4.57 Å². The van der Waals surface area contributed by atoms with E-state index >= 15 is 0 Å². The van der Waals surface area contributed by atoms with E-state index in [2.05, 4.69) is 4.52 Å². The number of benzene rings is 1. The molecule has 0 radical (unpaired) electrons. The van der Waals surface area contributed by atoms with Crippen LogP contribution in [-0.2, 0) is 15.5 Å². The van der Waals surface area contributed by atoms with Gasteiger partial charge in [-0.05, 0) is 24.1 Å². The minimum absolute atomic E-state index is 0.0164. The van der Waals surface area contributed by atoms with Crippen LogP contribution in [0.15, 0.2) is 24.3 Å². The fraction of sp³-hybridized carbons (Fsp3) is 0.333. The highest BCUT2D eigenvalue weighted by molar-refractivity contribution is 7.46. The second kappa shape index (κ2) is 5.28. The summed E-state index contributed by atoms with van der Waals surface area (Å²) < 4.78 is 19.7. The van der Waals surface area contributed by atoms with Crippen molar-refractivity contribution in [1.82, 2.24) is 0 Å². The minimum Gasteiger partial charge on any atom is -0.497 e. The molecular weight excluding hydrogens is 219 g/mol. The molecule has 0 atom stereocenters. The molecule has 0 heterocycles. The molecule has 1 aromatic rings. The molecular formula is C9H13O5P. The molecule has 0 unspecified atom stereocenters. The lowest BCUT2D eigenvalue weighted by molar-refractivity contribution is 0.199. The maximum Gasteiger partial charge on any atom is 0.469 e. The molecule has 0 fully saturated rings. The Morgan fingerprint density at radius 3 is 2.73 bits per heavy atom. The van der Waals surface area contributed by atoms with Gasteiger partial charge in [-0.1, -0.05) is 12.1 Å². The third kappa shape index (κ3) is 4.95. The smallest absolute Gasteiger partial charge is 0.469 e. The van der Waals surface area contributed by atoms with Gasteiger partial charge in [-0.3, -0.25) is 4.52 Å². The number of phosphoric ester groups is 1. The van der Waals surface area contributed by atoms with Gasteiger partial charge in [-0.15, -0.1) is 0 Å². The van der Waals surface area contributed by atoms with Crippen LogP contribution >= 0.6 is 7.82 Å². The Hall–Kier alpha value is -0.870. The zero-order chi connectivity index (χ0) is 11.3. The second-order valence-corrected chi connectivity index (χ2v) is 4.16. The highest BCUT2D eigenvalue weighted by atomic mass is 31.2. The second-order valence-electron chi connectivity index (χ2n) is 2.93. The Balaban J connectivity index is 2.47. The molecule has 0 spiro atoms. The summed E-state index contributed by atoms with van der Waals surface area (Å²) in [5.41, 5.74) is 0.905. The van der Waals surface area contributed by atoms with E-state index in [4.69, 9.17) is 14.5 Å². The summed E-state index contributed by atoms with van der Waals surface area (Å²) in [6.45, 7) is -0.0164. The number of rotatable bonds is 5. The first-order chi connectivity index (χ1) is 7.01. The summed E-state index contributed by atoms with van der Waals surface area (Å²) in [5, 5.41) is 0. The van der Waals surface area contributed by atoms with Gasteiger partial charge in [0.25, 0.3) is 0 Å². The Morgan fingerprint density at radius 1 is 1.40 bits per heavy atom. The standard InChI is InChI=1S/C9H13O5P/c1-13-9-4-2-3-8(7-9)5-6-14-15(10,11)12/h2-4,7H,5-6H2,1H3,(H2,10,11,12). The predicted molar refractivity (Wildman–Crippen MR) is 54.7 cm³/mol. The number of phosphoric acid groups is 1. The van der Waals surface area contributed by atoms with Crippen molar-refractivity contribution in [1.29, 1.82) is 0 Å². The van der Waals surface area contributed by atoms with Crippen molar-refractivity contribution in [2.45, 2.75) is 6.42 Å². The molecule has 0 saturated heterocycles. The molecule has 6 heteroatoms. The Kier molecular flexibility index (Phi) is 4.29. The van der Waals surface area contributed by atoms with E-state index in [0.29, 0.717) is 12.2 Å². The first kappa shape index (κ1) is 12.2. The lowest BCUT2D eigenvalue weighted by atomic mass is 10.1. The van der Waals surface area contributed by atoms with Gasteiger partial charge in [-0.2, -0.15) is 0 Å². The van der Waals surface area contributed by atoms with Crippen LogP contribution < -0.4 is 4.74 Å². The quantitative estimate of drug-likeness (QED) is 0.749. The topological polar surface area (TPSA) is 76.0 Å². The monoisotopic (exact) mass is 232 g/mol. The first-order valence-corrected chi connectivity index (χ1v) is 5.87. The van der Waals surface area contributed by atoms with Gasteiger partial charge in [0.2, 0.25) is 0 Å². The molecule has 0 aliphatic heterocycles. The largest absolute Gasteiger partial charge is 0.497 e. The number of ether oxygens (including phenoxy) is 1. The molecule has 0 aliphatic rings. The van der Waals surface area contributed by atoms with E-state index in [-0.39, 0.29) is 6.61 Å². The van der Waals surface area contributed by atoms with Crippen molar-refractivity contribution < 1.29 is 23.6 Å². The van der Waals surface area contributed by atoms with Crippen molar-refractivity contribution in [2.24, 2.45) is 0 Å². The van der Waals surface area contributed by atoms with Gasteiger partial charge in [0.15, 0.2) is 0 Å². The van der Waals surface area contributed by atoms with Gasteiger partial charge in [-0.25, -0.2) is 4.57 Å². The minimum atomic E-state index is -4.35. The van der Waals surface area contributed by atoms with Crippen molar-refractivity contribution in [2.75, 3.05) is 13.7 Å². The zero-order valence-electron chi connectivity index (χ0n) is 8.29. The number of methoxy groups -OCH3 is 1. The van der Waals surface area contributed by atoms with Crippen LogP contribution in [0.2, 0.25) is 0 Å². The van der Waals surface area contributed by atoms with Crippen LogP contribution in [0.3, 0.4) is 0 Å². The van der Waals surface area contributed by atoms with Crippen LogP contribution in [0.5, 0.6) is 5.75 Å². The maximum atomic E-state index is 10.4. The Morgan fingerprint density at radius 2 is 2.13 bits per heavy atom. The molecule has 0 aromatic heterocycles. The van der Waals surface area contributed by atoms with Crippen LogP contribution in [-0.4, -0.2) is 23.5 Å². The Labute approximate surface area is 87.9 Å². The number of hydrogen-bond acceptors (Lipinski definition) is 3. The molecule has 84 valence electrons.